The van der Waals surface area contributed by atoms with Gasteiger partial charge in [0.2, 0.25) is 0 Å². The molecule has 3 heteroatoms. The zero-order chi connectivity index (χ0) is 13.7. The maximum atomic E-state index is 8.64. The minimum Gasteiger partial charge on any atom is -0.488 e. The van der Waals surface area contributed by atoms with Crippen LogP contribution in [0, 0.1) is 25.7 Å². The molecule has 0 atom stereocenters. The van der Waals surface area contributed by atoms with Gasteiger partial charge in [-0.15, -0.1) is 11.3 Å². The second-order valence-electron chi connectivity index (χ2n) is 4.26. The minimum atomic E-state index is -0.105. The number of benzene rings is 1. The molecule has 0 bridgehead atoms. The average molecular weight is 272 g/mol. The van der Waals surface area contributed by atoms with Gasteiger partial charge < -0.3 is 9.84 Å². The summed E-state index contributed by atoms with van der Waals surface area (Å²) < 4.78 is 5.76. The Bertz CT molecular complexity index is 617. The van der Waals surface area contributed by atoms with Gasteiger partial charge in [-0.1, -0.05) is 17.9 Å². The molecule has 0 aliphatic rings. The fourth-order valence-corrected chi connectivity index (χ4v) is 2.40. The monoisotopic (exact) mass is 272 g/mol. The topological polar surface area (TPSA) is 29.5 Å². The van der Waals surface area contributed by atoms with Crippen LogP contribution < -0.4 is 4.74 Å². The maximum absolute atomic E-state index is 8.64. The lowest BCUT2D eigenvalue weighted by Gasteiger charge is -2.06. The van der Waals surface area contributed by atoms with Crippen LogP contribution >= 0.6 is 11.3 Å². The minimum absolute atomic E-state index is 0.105. The van der Waals surface area contributed by atoms with E-state index < -0.39 is 0 Å². The van der Waals surface area contributed by atoms with Crippen molar-refractivity contribution in [3.63, 3.8) is 0 Å². The third kappa shape index (κ3) is 3.85. The number of ether oxygens (including phenoxy) is 1. The highest BCUT2D eigenvalue weighted by Crippen LogP contribution is 2.20. The average Bonchev–Trinajstić information content (AvgIpc) is 2.86. The second kappa shape index (κ2) is 6.42. The zero-order valence-electron chi connectivity index (χ0n) is 11.1. The highest BCUT2D eigenvalue weighted by molar-refractivity contribution is 7.12. The van der Waals surface area contributed by atoms with Gasteiger partial charge in [-0.3, -0.25) is 0 Å². The van der Waals surface area contributed by atoms with Crippen molar-refractivity contribution < 1.29 is 9.84 Å². The molecule has 0 radical (unpaired) electrons. The highest BCUT2D eigenvalue weighted by Gasteiger charge is 2.01. The van der Waals surface area contributed by atoms with E-state index in [-0.39, 0.29) is 6.61 Å². The number of aryl methyl sites for hydroxylation is 2. The third-order valence-corrected chi connectivity index (χ3v) is 3.79. The summed E-state index contributed by atoms with van der Waals surface area (Å²) in [5.74, 6) is 6.42. The van der Waals surface area contributed by atoms with Crippen LogP contribution in [0.3, 0.4) is 0 Å². The lowest BCUT2D eigenvalue weighted by molar-refractivity contribution is 0.309. The van der Waals surface area contributed by atoms with Crippen molar-refractivity contribution in [2.75, 3.05) is 6.61 Å². The normalized spacial score (nSPS) is 9.84. The Morgan fingerprint density at radius 3 is 2.74 bits per heavy atom. The molecule has 0 unspecified atom stereocenters. The van der Waals surface area contributed by atoms with Crippen LogP contribution in [0.2, 0.25) is 0 Å². The fraction of sp³-hybridized carbons (Fsp3) is 0.250. The highest BCUT2D eigenvalue weighted by atomic mass is 32.1. The SMILES string of the molecule is Cc1ccc(OCc2ccc(C#CCO)s2)cc1C. The summed E-state index contributed by atoms with van der Waals surface area (Å²) in [5.41, 5.74) is 2.50. The Balaban J connectivity index is 1.98. The Kier molecular flexibility index (Phi) is 4.62. The first-order valence-corrected chi connectivity index (χ1v) is 6.89. The zero-order valence-corrected chi connectivity index (χ0v) is 11.9. The van der Waals surface area contributed by atoms with E-state index in [1.807, 2.05) is 18.2 Å². The van der Waals surface area contributed by atoms with E-state index in [0.29, 0.717) is 6.61 Å². The summed E-state index contributed by atoms with van der Waals surface area (Å²) in [6, 6.07) is 10.1. The molecular weight excluding hydrogens is 256 g/mol. The van der Waals surface area contributed by atoms with Crippen LogP contribution in [-0.4, -0.2) is 11.7 Å². The van der Waals surface area contributed by atoms with E-state index in [4.69, 9.17) is 9.84 Å². The van der Waals surface area contributed by atoms with Crippen molar-refractivity contribution in [3.8, 4) is 17.6 Å². The summed E-state index contributed by atoms with van der Waals surface area (Å²) in [6.07, 6.45) is 0. The van der Waals surface area contributed by atoms with Gasteiger partial charge in [0.25, 0.3) is 0 Å². The lowest BCUT2D eigenvalue weighted by Crippen LogP contribution is -1.93. The molecule has 2 aromatic rings. The Labute approximate surface area is 117 Å². The van der Waals surface area contributed by atoms with E-state index in [1.165, 1.54) is 11.1 Å². The molecule has 0 amide bonds. The van der Waals surface area contributed by atoms with Crippen LogP contribution in [0.15, 0.2) is 30.3 Å². The van der Waals surface area contributed by atoms with Crippen LogP contribution in [0.25, 0.3) is 0 Å². The fourth-order valence-electron chi connectivity index (χ4n) is 1.61. The van der Waals surface area contributed by atoms with E-state index in [2.05, 4.69) is 37.8 Å². The van der Waals surface area contributed by atoms with Crippen LogP contribution in [0.1, 0.15) is 20.9 Å². The molecule has 0 fully saturated rings. The van der Waals surface area contributed by atoms with Crippen molar-refractivity contribution in [2.24, 2.45) is 0 Å². The van der Waals surface area contributed by atoms with Crippen LogP contribution in [-0.2, 0) is 6.61 Å². The number of hydrogen-bond acceptors (Lipinski definition) is 3. The molecule has 1 heterocycles. The number of aliphatic hydroxyl groups excluding tert-OH is 1. The summed E-state index contributed by atoms with van der Waals surface area (Å²) in [7, 11) is 0. The summed E-state index contributed by atoms with van der Waals surface area (Å²) in [6.45, 7) is 4.61. The van der Waals surface area contributed by atoms with Gasteiger partial charge >= 0.3 is 0 Å². The van der Waals surface area contributed by atoms with Crippen molar-refractivity contribution >= 4 is 11.3 Å². The molecule has 1 N–H and O–H groups in total. The van der Waals surface area contributed by atoms with Crippen molar-refractivity contribution in [2.45, 2.75) is 20.5 Å². The number of thiophene rings is 1. The Hall–Kier alpha value is -1.76. The maximum Gasteiger partial charge on any atom is 0.122 e. The largest absolute Gasteiger partial charge is 0.488 e. The smallest absolute Gasteiger partial charge is 0.122 e. The van der Waals surface area contributed by atoms with Crippen molar-refractivity contribution in [1.82, 2.24) is 0 Å². The molecule has 0 aliphatic carbocycles. The Morgan fingerprint density at radius 2 is 2.00 bits per heavy atom. The first-order valence-electron chi connectivity index (χ1n) is 6.07. The van der Waals surface area contributed by atoms with Gasteiger partial charge in [0, 0.05) is 4.88 Å². The summed E-state index contributed by atoms with van der Waals surface area (Å²) >= 11 is 1.59. The van der Waals surface area contributed by atoms with E-state index in [1.54, 1.807) is 11.3 Å². The first kappa shape index (κ1) is 13.7. The lowest BCUT2D eigenvalue weighted by atomic mass is 10.1. The van der Waals surface area contributed by atoms with Gasteiger partial charge in [0.15, 0.2) is 0 Å². The van der Waals surface area contributed by atoms with E-state index in [0.717, 1.165) is 15.5 Å². The molecule has 1 aromatic carbocycles. The number of hydrogen-bond donors (Lipinski definition) is 1. The number of rotatable bonds is 3. The van der Waals surface area contributed by atoms with Crippen LogP contribution in [0.4, 0.5) is 0 Å². The molecular formula is C16H16O2S. The third-order valence-electron chi connectivity index (χ3n) is 2.81. The molecule has 1 aromatic heterocycles. The quantitative estimate of drug-likeness (QED) is 0.869. The van der Waals surface area contributed by atoms with Gasteiger partial charge in [0.05, 0.1) is 4.88 Å². The van der Waals surface area contributed by atoms with E-state index >= 15 is 0 Å². The molecule has 98 valence electrons. The first-order chi connectivity index (χ1) is 9.19. The van der Waals surface area contributed by atoms with Gasteiger partial charge in [0.1, 0.15) is 19.0 Å². The Morgan fingerprint density at radius 1 is 1.16 bits per heavy atom. The summed E-state index contributed by atoms with van der Waals surface area (Å²) in [5, 5.41) is 8.64. The second-order valence-corrected chi connectivity index (χ2v) is 5.43. The molecule has 2 nitrogen and oxygen atoms in total. The number of aliphatic hydroxyl groups is 1. The van der Waals surface area contributed by atoms with Crippen molar-refractivity contribution in [1.29, 1.82) is 0 Å². The molecule has 0 saturated heterocycles. The predicted molar refractivity (Wildman–Crippen MR) is 78.5 cm³/mol. The van der Waals surface area contributed by atoms with Gasteiger partial charge in [-0.05, 0) is 49.2 Å². The predicted octanol–water partition coefficient (Wildman–Crippen LogP) is 3.29. The van der Waals surface area contributed by atoms with Gasteiger partial charge in [-0.25, -0.2) is 0 Å². The molecule has 0 spiro atoms. The molecule has 0 saturated carbocycles. The van der Waals surface area contributed by atoms with Crippen molar-refractivity contribution in [3.05, 3.63) is 51.2 Å². The standard InChI is InChI=1S/C16H16O2S/c1-12-5-6-14(10-13(12)2)18-11-16-8-7-15(19-16)4-3-9-17/h5-8,10,17H,9,11H2,1-2H3. The van der Waals surface area contributed by atoms with E-state index in [9.17, 15) is 0 Å². The van der Waals surface area contributed by atoms with Gasteiger partial charge in [-0.2, -0.15) is 0 Å². The molecule has 0 aliphatic heterocycles. The molecule has 19 heavy (non-hydrogen) atoms. The molecule has 2 rings (SSSR count). The van der Waals surface area contributed by atoms with Crippen LogP contribution in [0.5, 0.6) is 5.75 Å². The summed E-state index contributed by atoms with van der Waals surface area (Å²) in [4.78, 5) is 2.08.